The Morgan fingerprint density at radius 3 is 2.09 bits per heavy atom. The van der Waals surface area contributed by atoms with E-state index in [1.54, 1.807) is 0 Å². The van der Waals surface area contributed by atoms with Gasteiger partial charge >= 0.3 is 0 Å². The first-order valence-corrected chi connectivity index (χ1v) is 12.5. The van der Waals surface area contributed by atoms with Gasteiger partial charge in [0.15, 0.2) is 5.11 Å². The van der Waals surface area contributed by atoms with Crippen molar-refractivity contribution in [2.75, 3.05) is 59.3 Å². The fraction of sp³-hybridized carbons (Fsp3) is 0.560. The summed E-state index contributed by atoms with van der Waals surface area (Å²) in [5, 5.41) is 7.02. The van der Waals surface area contributed by atoms with Crippen LogP contribution in [-0.2, 0) is 0 Å². The minimum absolute atomic E-state index is 0.252. The fourth-order valence-corrected chi connectivity index (χ4v) is 5.21. The van der Waals surface area contributed by atoms with Crippen LogP contribution in [0.3, 0.4) is 0 Å². The molecule has 3 heterocycles. The molecule has 178 valence electrons. The summed E-state index contributed by atoms with van der Waals surface area (Å²) in [5.74, 6) is 3.83. The van der Waals surface area contributed by atoms with Gasteiger partial charge in [0, 0.05) is 57.1 Å². The molecule has 0 radical (unpaired) electrons. The van der Waals surface area contributed by atoms with Crippen molar-refractivity contribution in [2.45, 2.75) is 40.2 Å². The Bertz CT molecular complexity index is 918. The number of hydrogen-bond acceptors (Lipinski definition) is 6. The standard InChI is InChI=1S/C25H37N7S/c1-18(2)26-25(33)29-24-27-22(15-23(28-24)32-16-19(3)14-20(4)17-32)31-12-10-30(11-13-31)21-8-6-5-7-9-21/h5-9,15,18-20H,10-14,16-17H2,1-4H3,(H2,26,27,28,29,33). The zero-order valence-corrected chi connectivity index (χ0v) is 21.1. The van der Waals surface area contributed by atoms with E-state index in [1.807, 2.05) is 0 Å². The molecule has 2 unspecified atom stereocenters. The highest BCUT2D eigenvalue weighted by molar-refractivity contribution is 7.80. The van der Waals surface area contributed by atoms with Gasteiger partial charge in [-0.05, 0) is 56.5 Å². The quantitative estimate of drug-likeness (QED) is 0.641. The van der Waals surface area contributed by atoms with Crippen molar-refractivity contribution in [3.63, 3.8) is 0 Å². The molecule has 7 nitrogen and oxygen atoms in total. The third kappa shape index (κ3) is 6.25. The molecule has 8 heteroatoms. The van der Waals surface area contributed by atoms with E-state index in [9.17, 15) is 0 Å². The topological polar surface area (TPSA) is 59.6 Å². The molecule has 0 amide bonds. The van der Waals surface area contributed by atoms with Crippen LogP contribution < -0.4 is 25.3 Å². The first kappa shape index (κ1) is 23.5. The second-order valence-electron chi connectivity index (χ2n) is 9.82. The summed E-state index contributed by atoms with van der Waals surface area (Å²) < 4.78 is 0. The maximum Gasteiger partial charge on any atom is 0.232 e. The summed E-state index contributed by atoms with van der Waals surface area (Å²) in [6.45, 7) is 14.6. The molecule has 33 heavy (non-hydrogen) atoms. The molecule has 2 aliphatic heterocycles. The Labute approximate surface area is 203 Å². The molecule has 0 saturated carbocycles. The second kappa shape index (κ2) is 10.5. The SMILES string of the molecule is CC1CC(C)CN(c2cc(N3CCN(c4ccccc4)CC3)nc(NC(=S)NC(C)C)n2)C1. The Morgan fingerprint density at radius 2 is 1.48 bits per heavy atom. The Morgan fingerprint density at radius 1 is 0.909 bits per heavy atom. The molecule has 0 bridgehead atoms. The zero-order valence-electron chi connectivity index (χ0n) is 20.3. The molecule has 0 spiro atoms. The lowest BCUT2D eigenvalue weighted by atomic mass is 9.92. The molecule has 2 aliphatic rings. The minimum Gasteiger partial charge on any atom is -0.368 e. The van der Waals surface area contributed by atoms with Gasteiger partial charge in [0.25, 0.3) is 0 Å². The summed E-state index contributed by atoms with van der Waals surface area (Å²) in [6.07, 6.45) is 1.27. The van der Waals surface area contributed by atoms with Gasteiger partial charge in [-0.3, -0.25) is 0 Å². The molecule has 0 aliphatic carbocycles. The van der Waals surface area contributed by atoms with Gasteiger partial charge in [0.05, 0.1) is 0 Å². The van der Waals surface area contributed by atoms with E-state index in [-0.39, 0.29) is 6.04 Å². The monoisotopic (exact) mass is 467 g/mol. The van der Waals surface area contributed by atoms with Crippen LogP contribution in [0.25, 0.3) is 0 Å². The lowest BCUT2D eigenvalue weighted by molar-refractivity contribution is 0.355. The molecular formula is C25H37N7S. The van der Waals surface area contributed by atoms with Crippen LogP contribution in [-0.4, -0.2) is 60.4 Å². The molecule has 1 aromatic heterocycles. The summed E-state index contributed by atoms with van der Waals surface area (Å²) in [6, 6.07) is 13.0. The van der Waals surface area contributed by atoms with Crippen LogP contribution in [0.4, 0.5) is 23.3 Å². The van der Waals surface area contributed by atoms with Gasteiger partial charge in [-0.2, -0.15) is 9.97 Å². The van der Waals surface area contributed by atoms with Gasteiger partial charge < -0.3 is 25.3 Å². The molecule has 2 atom stereocenters. The molecule has 2 N–H and O–H groups in total. The van der Waals surface area contributed by atoms with Crippen LogP contribution in [0.5, 0.6) is 0 Å². The number of nitrogens with zero attached hydrogens (tertiary/aromatic N) is 5. The summed E-state index contributed by atoms with van der Waals surface area (Å²) in [5.41, 5.74) is 1.28. The van der Waals surface area contributed by atoms with Crippen LogP contribution >= 0.6 is 12.2 Å². The smallest absolute Gasteiger partial charge is 0.232 e. The molecule has 2 aromatic rings. The van der Waals surface area contributed by atoms with Gasteiger partial charge in [-0.15, -0.1) is 0 Å². The van der Waals surface area contributed by atoms with E-state index in [0.717, 1.165) is 50.9 Å². The number of nitrogens with one attached hydrogen (secondary N) is 2. The van der Waals surface area contributed by atoms with Crippen LogP contribution in [0.2, 0.25) is 0 Å². The number of para-hydroxylation sites is 1. The summed E-state index contributed by atoms with van der Waals surface area (Å²) in [4.78, 5) is 17.0. The lowest BCUT2D eigenvalue weighted by Gasteiger charge is -2.38. The van der Waals surface area contributed by atoms with Crippen molar-refractivity contribution in [3.05, 3.63) is 36.4 Å². The highest BCUT2D eigenvalue weighted by atomic mass is 32.1. The molecule has 2 saturated heterocycles. The fourth-order valence-electron chi connectivity index (χ4n) is 4.88. The van der Waals surface area contributed by atoms with Gasteiger partial charge in [0.1, 0.15) is 11.6 Å². The van der Waals surface area contributed by atoms with Crippen molar-refractivity contribution in [1.29, 1.82) is 0 Å². The molecule has 4 rings (SSSR count). The highest BCUT2D eigenvalue weighted by Crippen LogP contribution is 2.29. The van der Waals surface area contributed by atoms with E-state index in [4.69, 9.17) is 22.2 Å². The molecule has 1 aromatic carbocycles. The number of piperazine rings is 1. The number of benzene rings is 1. The third-order valence-electron chi connectivity index (χ3n) is 6.26. The van der Waals surface area contributed by atoms with E-state index in [1.165, 1.54) is 12.1 Å². The van der Waals surface area contributed by atoms with E-state index < -0.39 is 0 Å². The zero-order chi connectivity index (χ0) is 23.4. The first-order valence-electron chi connectivity index (χ1n) is 12.1. The second-order valence-corrected chi connectivity index (χ2v) is 10.2. The maximum atomic E-state index is 5.48. The largest absolute Gasteiger partial charge is 0.368 e. The highest BCUT2D eigenvalue weighted by Gasteiger charge is 2.25. The average Bonchev–Trinajstić information content (AvgIpc) is 2.78. The van der Waals surface area contributed by atoms with Crippen molar-refractivity contribution in [3.8, 4) is 0 Å². The number of aromatic nitrogens is 2. The number of rotatable bonds is 5. The summed E-state index contributed by atoms with van der Waals surface area (Å²) >= 11 is 5.48. The van der Waals surface area contributed by atoms with Gasteiger partial charge in [0.2, 0.25) is 5.95 Å². The van der Waals surface area contributed by atoms with Gasteiger partial charge in [-0.25, -0.2) is 0 Å². The molecule has 2 fully saturated rings. The predicted octanol–water partition coefficient (Wildman–Crippen LogP) is 3.98. The minimum atomic E-state index is 0.252. The summed E-state index contributed by atoms with van der Waals surface area (Å²) in [7, 11) is 0. The predicted molar refractivity (Wildman–Crippen MR) is 143 cm³/mol. The lowest BCUT2D eigenvalue weighted by Crippen LogP contribution is -2.47. The normalized spacial score (nSPS) is 21.3. The van der Waals surface area contributed by atoms with Crippen molar-refractivity contribution in [2.24, 2.45) is 11.8 Å². The number of anilines is 4. The third-order valence-corrected chi connectivity index (χ3v) is 6.48. The number of piperidine rings is 1. The van der Waals surface area contributed by atoms with Crippen molar-refractivity contribution >= 4 is 40.6 Å². The van der Waals surface area contributed by atoms with Crippen LogP contribution in [0, 0.1) is 11.8 Å². The van der Waals surface area contributed by atoms with E-state index in [0.29, 0.717) is 22.9 Å². The van der Waals surface area contributed by atoms with E-state index >= 15 is 0 Å². The maximum absolute atomic E-state index is 5.48. The Balaban J connectivity index is 1.54. The number of hydrogen-bond donors (Lipinski definition) is 2. The van der Waals surface area contributed by atoms with Crippen LogP contribution in [0.15, 0.2) is 36.4 Å². The Kier molecular flexibility index (Phi) is 7.53. The average molecular weight is 468 g/mol. The van der Waals surface area contributed by atoms with Crippen molar-refractivity contribution < 1.29 is 0 Å². The number of thiocarbonyl (C=S) groups is 1. The van der Waals surface area contributed by atoms with Gasteiger partial charge in [-0.1, -0.05) is 32.0 Å². The van der Waals surface area contributed by atoms with E-state index in [2.05, 4.69) is 89.4 Å². The Hall–Kier alpha value is -2.61. The van der Waals surface area contributed by atoms with Crippen molar-refractivity contribution in [1.82, 2.24) is 15.3 Å². The first-order chi connectivity index (χ1) is 15.9. The van der Waals surface area contributed by atoms with Crippen LogP contribution in [0.1, 0.15) is 34.1 Å². The molecular weight excluding hydrogens is 430 g/mol.